The van der Waals surface area contributed by atoms with Crippen molar-refractivity contribution in [2.75, 3.05) is 11.9 Å². The molecule has 0 saturated heterocycles. The lowest BCUT2D eigenvalue weighted by atomic mass is 10.1. The topological polar surface area (TPSA) is 37.8 Å². The fourth-order valence-corrected chi connectivity index (χ4v) is 2.45. The van der Waals surface area contributed by atoms with Crippen molar-refractivity contribution >= 4 is 39.9 Å². The largest absolute Gasteiger partial charge is 0.374 e. The van der Waals surface area contributed by atoms with Gasteiger partial charge >= 0.3 is 0 Å². The Morgan fingerprint density at radius 1 is 1.17 bits per heavy atom. The highest BCUT2D eigenvalue weighted by molar-refractivity contribution is 6.41. The summed E-state index contributed by atoms with van der Waals surface area (Å²) in [7, 11) is 0. The number of aromatic nitrogens is 2. The summed E-state index contributed by atoms with van der Waals surface area (Å²) in [5.74, 6) is 2.54. The summed E-state index contributed by atoms with van der Waals surface area (Å²) in [5.41, 5.74) is 4.64. The van der Waals surface area contributed by atoms with E-state index in [1.165, 1.54) is 0 Å². The predicted octanol–water partition coefficient (Wildman–Crippen LogP) is 4.56. The van der Waals surface area contributed by atoms with Crippen LogP contribution in [-0.4, -0.2) is 16.5 Å². The van der Waals surface area contributed by atoms with Crippen molar-refractivity contribution in [2.45, 2.75) is 6.92 Å². The lowest BCUT2D eigenvalue weighted by Gasteiger charge is -2.08. The second-order valence-electron chi connectivity index (χ2n) is 4.89. The van der Waals surface area contributed by atoms with Gasteiger partial charge in [0.15, 0.2) is 0 Å². The van der Waals surface area contributed by atoms with Gasteiger partial charge in [0, 0.05) is 5.69 Å². The van der Waals surface area contributed by atoms with E-state index in [2.05, 4.69) is 33.3 Å². The van der Waals surface area contributed by atoms with Crippen LogP contribution in [0.15, 0.2) is 24.3 Å². The summed E-state index contributed by atoms with van der Waals surface area (Å²) in [6.45, 7) is 2.34. The molecule has 1 N–H and O–H groups in total. The van der Waals surface area contributed by atoms with E-state index in [0.717, 1.165) is 22.4 Å². The first-order chi connectivity index (χ1) is 11.1. The van der Waals surface area contributed by atoms with Gasteiger partial charge in [-0.2, -0.15) is 0 Å². The van der Waals surface area contributed by atoms with Crippen LogP contribution in [0.25, 0.3) is 22.3 Å². The molecule has 3 nitrogen and oxygen atoms in total. The van der Waals surface area contributed by atoms with Crippen LogP contribution in [0, 0.1) is 31.4 Å². The summed E-state index contributed by atoms with van der Waals surface area (Å²) >= 11 is 11.9. The van der Waals surface area contributed by atoms with E-state index in [4.69, 9.17) is 29.6 Å². The van der Waals surface area contributed by atoms with Gasteiger partial charge in [-0.15, -0.1) is 6.42 Å². The van der Waals surface area contributed by atoms with Gasteiger partial charge in [0.25, 0.3) is 0 Å². The van der Waals surface area contributed by atoms with Crippen LogP contribution in [0.4, 0.5) is 5.69 Å². The number of hydrogen-bond acceptors (Lipinski definition) is 3. The zero-order valence-corrected chi connectivity index (χ0v) is 13.8. The fraction of sp³-hybridized carbons (Fsp3) is 0.111. The third-order valence-electron chi connectivity index (χ3n) is 3.28. The molecule has 0 aliphatic rings. The molecule has 0 aliphatic carbocycles. The van der Waals surface area contributed by atoms with Gasteiger partial charge in [-0.1, -0.05) is 35.2 Å². The highest BCUT2D eigenvalue weighted by Gasteiger charge is 2.10. The summed E-state index contributed by atoms with van der Waals surface area (Å²) in [6, 6.07) is 13.2. The van der Waals surface area contributed by atoms with Crippen molar-refractivity contribution < 1.29 is 0 Å². The molecule has 1 heterocycles. The number of anilines is 1. The Bertz CT molecular complexity index is 929. The molecule has 0 bridgehead atoms. The molecule has 0 amide bonds. The Kier molecular flexibility index (Phi) is 4.26. The number of nitrogens with zero attached hydrogens (tertiary/aromatic N) is 2. The first-order valence-corrected chi connectivity index (χ1v) is 7.59. The van der Waals surface area contributed by atoms with Crippen LogP contribution >= 0.6 is 23.2 Å². The number of fused-ring (bicyclic) bond motifs is 1. The van der Waals surface area contributed by atoms with Gasteiger partial charge in [0.1, 0.15) is 10.7 Å². The Hall–Kier alpha value is -2.46. The van der Waals surface area contributed by atoms with Crippen molar-refractivity contribution in [1.82, 2.24) is 9.97 Å². The molecule has 112 valence electrons. The van der Waals surface area contributed by atoms with Crippen LogP contribution in [0.1, 0.15) is 5.69 Å². The summed E-state index contributed by atoms with van der Waals surface area (Å²) in [4.78, 5) is 9.26. The molecule has 0 aliphatic heterocycles. The molecule has 0 spiro atoms. The van der Waals surface area contributed by atoms with Crippen LogP contribution in [-0.2, 0) is 0 Å². The summed E-state index contributed by atoms with van der Waals surface area (Å²) in [5, 5.41) is 3.86. The summed E-state index contributed by atoms with van der Waals surface area (Å²) < 4.78 is 0. The highest BCUT2D eigenvalue weighted by atomic mass is 35.5. The normalized spacial score (nSPS) is 10.2. The van der Waals surface area contributed by atoms with Gasteiger partial charge < -0.3 is 5.32 Å². The Labute approximate surface area is 144 Å². The maximum absolute atomic E-state index is 6.06. The Morgan fingerprint density at radius 3 is 2.74 bits per heavy atom. The van der Waals surface area contributed by atoms with Crippen LogP contribution in [0.5, 0.6) is 0 Å². The van der Waals surface area contributed by atoms with Crippen molar-refractivity contribution in [2.24, 2.45) is 0 Å². The highest BCUT2D eigenvalue weighted by Crippen LogP contribution is 2.27. The lowest BCUT2D eigenvalue weighted by molar-refractivity contribution is 1.19. The van der Waals surface area contributed by atoms with Crippen LogP contribution in [0.3, 0.4) is 0 Å². The number of terminal acetylenes is 1. The van der Waals surface area contributed by atoms with E-state index in [9.17, 15) is 0 Å². The molecule has 0 saturated carbocycles. The van der Waals surface area contributed by atoms with Gasteiger partial charge in [-0.3, -0.25) is 0 Å². The van der Waals surface area contributed by atoms with Crippen molar-refractivity contribution in [3.05, 3.63) is 52.1 Å². The van der Waals surface area contributed by atoms with E-state index >= 15 is 0 Å². The quantitative estimate of drug-likeness (QED) is 0.711. The van der Waals surface area contributed by atoms with Gasteiger partial charge in [0.2, 0.25) is 0 Å². The molecule has 0 radical (unpaired) electrons. The minimum Gasteiger partial charge on any atom is -0.374 e. The maximum atomic E-state index is 6.06. The SMILES string of the molecule is C#CCNc1ccc2nc(C)c(-c3c#cc(Cl)c(Cl)c3)nc2c1. The number of aryl methyl sites for hydroxylation is 1. The average molecular weight is 340 g/mol. The molecule has 23 heavy (non-hydrogen) atoms. The number of hydrogen-bond donors (Lipinski definition) is 1. The molecule has 5 heteroatoms. The van der Waals surface area contributed by atoms with Crippen molar-refractivity contribution in [3.8, 4) is 23.6 Å². The number of halogens is 2. The Morgan fingerprint density at radius 2 is 2.00 bits per heavy atom. The molecule has 0 fully saturated rings. The zero-order chi connectivity index (χ0) is 16.4. The molecule has 0 atom stereocenters. The summed E-state index contributed by atoms with van der Waals surface area (Å²) in [6.07, 6.45) is 5.26. The van der Waals surface area contributed by atoms with E-state index < -0.39 is 0 Å². The van der Waals surface area contributed by atoms with E-state index in [1.54, 1.807) is 6.07 Å². The van der Waals surface area contributed by atoms with Crippen molar-refractivity contribution in [1.29, 1.82) is 0 Å². The molecule has 0 unspecified atom stereocenters. The second kappa shape index (κ2) is 6.34. The zero-order valence-electron chi connectivity index (χ0n) is 12.2. The molecule has 2 aromatic carbocycles. The van der Waals surface area contributed by atoms with E-state index in [-0.39, 0.29) is 0 Å². The smallest absolute Gasteiger partial charge is 0.109 e. The molecular formula is C18H11Cl2N3. The fourth-order valence-electron chi connectivity index (χ4n) is 2.20. The third-order valence-corrected chi connectivity index (χ3v) is 3.97. The number of benzene rings is 1. The lowest BCUT2D eigenvalue weighted by Crippen LogP contribution is -1.99. The average Bonchev–Trinajstić information content (AvgIpc) is 2.55. The van der Waals surface area contributed by atoms with Crippen LogP contribution < -0.4 is 5.32 Å². The molecular weight excluding hydrogens is 329 g/mol. The monoisotopic (exact) mass is 339 g/mol. The number of nitrogens with one attached hydrogen (secondary N) is 1. The van der Waals surface area contributed by atoms with Gasteiger partial charge in [-0.25, -0.2) is 9.97 Å². The minimum absolute atomic E-state index is 0.336. The van der Waals surface area contributed by atoms with Gasteiger partial charge in [-0.05, 0) is 37.3 Å². The second-order valence-corrected chi connectivity index (χ2v) is 5.67. The first-order valence-electron chi connectivity index (χ1n) is 6.83. The first kappa shape index (κ1) is 15.4. The Balaban J connectivity index is 2.11. The molecule has 3 aromatic rings. The van der Waals surface area contributed by atoms with Crippen LogP contribution in [0.2, 0.25) is 10.0 Å². The van der Waals surface area contributed by atoms with Crippen molar-refractivity contribution in [3.63, 3.8) is 0 Å². The number of rotatable bonds is 3. The molecule has 3 rings (SSSR count). The predicted molar refractivity (Wildman–Crippen MR) is 94.7 cm³/mol. The van der Waals surface area contributed by atoms with Gasteiger partial charge in [0.05, 0.1) is 33.9 Å². The van der Waals surface area contributed by atoms with E-state index in [1.807, 2.05) is 25.1 Å². The molecule has 1 aromatic heterocycles. The minimum atomic E-state index is 0.336. The third kappa shape index (κ3) is 3.17. The standard InChI is InChI=1S/C18H11Cl2N3/c1-3-8-21-13-5-7-16-17(10-13)23-18(11(2)22-16)12-4-6-14(19)15(20)9-12/h1,5,7,9-10,21H,8H2,2H3. The maximum Gasteiger partial charge on any atom is 0.109 e. The van der Waals surface area contributed by atoms with E-state index in [0.29, 0.717) is 27.8 Å².